The van der Waals surface area contributed by atoms with Gasteiger partial charge >= 0.3 is 0 Å². The third-order valence-electron chi connectivity index (χ3n) is 5.36. The van der Waals surface area contributed by atoms with Crippen LogP contribution in [0.15, 0.2) is 50.8 Å². The summed E-state index contributed by atoms with van der Waals surface area (Å²) in [6.07, 6.45) is 0. The van der Waals surface area contributed by atoms with Crippen LogP contribution < -0.4 is 19.4 Å². The number of anilines is 2. The molecule has 1 aromatic carbocycles. The maximum atomic E-state index is 12.7. The fraction of sp³-hybridized carbons (Fsp3) is 0.286. The Labute approximate surface area is 183 Å². The molecule has 2 aliphatic rings. The van der Waals surface area contributed by atoms with Crippen LogP contribution in [0.1, 0.15) is 0 Å². The smallest absolute Gasteiger partial charge is 0.257 e. The lowest BCUT2D eigenvalue weighted by molar-refractivity contribution is 0.121. The SMILES string of the molecule is C=CS(=O)(=O)N1CCOc2ccc(-c3csc4c(=O)cc(N5CCOCC5)oc34)cc21. The normalized spacial score (nSPS) is 16.8. The number of sulfonamides is 1. The van der Waals surface area contributed by atoms with Crippen LogP contribution in [-0.2, 0) is 14.8 Å². The molecule has 1 fully saturated rings. The van der Waals surface area contributed by atoms with Crippen LogP contribution in [-0.4, -0.2) is 47.9 Å². The van der Waals surface area contributed by atoms with Crippen LogP contribution in [0, 0.1) is 0 Å². The van der Waals surface area contributed by atoms with Gasteiger partial charge in [-0.05, 0) is 17.7 Å². The van der Waals surface area contributed by atoms with Gasteiger partial charge in [-0.1, -0.05) is 12.6 Å². The first kappa shape index (κ1) is 20.1. The van der Waals surface area contributed by atoms with E-state index < -0.39 is 10.0 Å². The molecule has 0 aliphatic carbocycles. The van der Waals surface area contributed by atoms with Crippen molar-refractivity contribution in [3.8, 4) is 16.9 Å². The van der Waals surface area contributed by atoms with Gasteiger partial charge < -0.3 is 18.8 Å². The van der Waals surface area contributed by atoms with Crippen molar-refractivity contribution in [2.75, 3.05) is 48.7 Å². The zero-order valence-corrected chi connectivity index (χ0v) is 18.2. The van der Waals surface area contributed by atoms with Crippen molar-refractivity contribution in [3.63, 3.8) is 0 Å². The number of ether oxygens (including phenoxy) is 2. The Hall–Kier alpha value is -2.82. The summed E-state index contributed by atoms with van der Waals surface area (Å²) in [4.78, 5) is 14.7. The predicted molar refractivity (Wildman–Crippen MR) is 121 cm³/mol. The molecule has 0 radical (unpaired) electrons. The predicted octanol–water partition coefficient (Wildman–Crippen LogP) is 3.03. The molecule has 0 unspecified atom stereocenters. The van der Waals surface area contributed by atoms with Gasteiger partial charge in [0.2, 0.25) is 5.43 Å². The molecular weight excluding hydrogens is 440 g/mol. The molecule has 2 aliphatic heterocycles. The van der Waals surface area contributed by atoms with E-state index in [2.05, 4.69) is 6.58 Å². The maximum Gasteiger partial charge on any atom is 0.257 e. The number of rotatable bonds is 4. The lowest BCUT2D eigenvalue weighted by atomic mass is 10.1. The van der Waals surface area contributed by atoms with Gasteiger partial charge in [-0.15, -0.1) is 11.3 Å². The zero-order valence-electron chi connectivity index (χ0n) is 16.6. The van der Waals surface area contributed by atoms with Crippen LogP contribution in [0.3, 0.4) is 0 Å². The summed E-state index contributed by atoms with van der Waals surface area (Å²) in [5.74, 6) is 0.994. The lowest BCUT2D eigenvalue weighted by Crippen LogP contribution is -2.36. The number of thiophene rings is 1. The van der Waals surface area contributed by atoms with E-state index in [-0.39, 0.29) is 18.6 Å². The van der Waals surface area contributed by atoms with E-state index in [1.807, 2.05) is 16.3 Å². The minimum absolute atomic E-state index is 0.101. The van der Waals surface area contributed by atoms with Crippen molar-refractivity contribution < 1.29 is 22.3 Å². The highest BCUT2D eigenvalue weighted by atomic mass is 32.2. The largest absolute Gasteiger partial charge is 0.489 e. The Morgan fingerprint density at radius 3 is 2.68 bits per heavy atom. The molecule has 0 spiro atoms. The molecule has 31 heavy (non-hydrogen) atoms. The van der Waals surface area contributed by atoms with E-state index >= 15 is 0 Å². The number of fused-ring (bicyclic) bond motifs is 2. The molecule has 162 valence electrons. The van der Waals surface area contributed by atoms with Gasteiger partial charge in [-0.25, -0.2) is 8.42 Å². The highest BCUT2D eigenvalue weighted by Crippen LogP contribution is 2.40. The number of hydrogen-bond donors (Lipinski definition) is 0. The van der Waals surface area contributed by atoms with Gasteiger partial charge in [0.25, 0.3) is 10.0 Å². The Morgan fingerprint density at radius 2 is 1.90 bits per heavy atom. The Morgan fingerprint density at radius 1 is 1.10 bits per heavy atom. The van der Waals surface area contributed by atoms with Crippen molar-refractivity contribution >= 4 is 43.2 Å². The quantitative estimate of drug-likeness (QED) is 0.591. The van der Waals surface area contributed by atoms with Crippen LogP contribution in [0.5, 0.6) is 5.75 Å². The maximum absolute atomic E-state index is 12.7. The molecule has 2 aromatic heterocycles. The van der Waals surface area contributed by atoms with Gasteiger partial charge in [0, 0.05) is 35.5 Å². The first-order valence-corrected chi connectivity index (χ1v) is 12.2. The summed E-state index contributed by atoms with van der Waals surface area (Å²) in [5.41, 5.74) is 2.30. The van der Waals surface area contributed by atoms with Crippen molar-refractivity contribution in [1.82, 2.24) is 0 Å². The average molecular weight is 461 g/mol. The van der Waals surface area contributed by atoms with Crippen LogP contribution in [0.2, 0.25) is 0 Å². The fourth-order valence-corrected chi connectivity index (χ4v) is 5.62. The molecule has 0 amide bonds. The molecular formula is C21H20N2O6S2. The van der Waals surface area contributed by atoms with Crippen molar-refractivity contribution in [2.45, 2.75) is 0 Å². The molecule has 0 N–H and O–H groups in total. The van der Waals surface area contributed by atoms with E-state index in [1.54, 1.807) is 12.1 Å². The van der Waals surface area contributed by atoms with Gasteiger partial charge in [-0.3, -0.25) is 9.10 Å². The van der Waals surface area contributed by atoms with Crippen LogP contribution in [0.25, 0.3) is 21.4 Å². The first-order valence-electron chi connectivity index (χ1n) is 9.78. The molecule has 0 atom stereocenters. The van der Waals surface area contributed by atoms with Crippen molar-refractivity contribution in [3.05, 3.63) is 51.9 Å². The molecule has 4 heterocycles. The molecule has 0 saturated carbocycles. The Kier molecular flexibility index (Phi) is 4.99. The monoisotopic (exact) mass is 460 g/mol. The third-order valence-corrected chi connectivity index (χ3v) is 7.75. The molecule has 8 nitrogen and oxygen atoms in total. The van der Waals surface area contributed by atoms with Gasteiger partial charge in [0.15, 0.2) is 11.5 Å². The third kappa shape index (κ3) is 3.50. The summed E-state index contributed by atoms with van der Waals surface area (Å²) < 4.78 is 43.9. The zero-order chi connectivity index (χ0) is 21.6. The van der Waals surface area contributed by atoms with E-state index in [1.165, 1.54) is 21.7 Å². The summed E-state index contributed by atoms with van der Waals surface area (Å²) in [6.45, 7) is 6.35. The van der Waals surface area contributed by atoms with Crippen LogP contribution >= 0.6 is 11.3 Å². The van der Waals surface area contributed by atoms with E-state index in [4.69, 9.17) is 13.9 Å². The minimum atomic E-state index is -3.66. The number of morpholine rings is 1. The number of benzene rings is 1. The molecule has 0 bridgehead atoms. The molecule has 10 heteroatoms. The summed E-state index contributed by atoms with van der Waals surface area (Å²) >= 11 is 1.31. The fourth-order valence-electron chi connectivity index (χ4n) is 3.78. The summed E-state index contributed by atoms with van der Waals surface area (Å²) in [7, 11) is -3.66. The number of hydrogen-bond acceptors (Lipinski definition) is 8. The molecule has 3 aromatic rings. The Bertz CT molecular complexity index is 1320. The van der Waals surface area contributed by atoms with E-state index in [0.29, 0.717) is 53.9 Å². The Balaban J connectivity index is 1.63. The van der Waals surface area contributed by atoms with E-state index in [9.17, 15) is 13.2 Å². The summed E-state index contributed by atoms with van der Waals surface area (Å²) in [6, 6.07) is 6.85. The van der Waals surface area contributed by atoms with Gasteiger partial charge in [0.1, 0.15) is 17.1 Å². The highest BCUT2D eigenvalue weighted by molar-refractivity contribution is 7.95. The average Bonchev–Trinajstić information content (AvgIpc) is 3.23. The van der Waals surface area contributed by atoms with Crippen LogP contribution in [0.4, 0.5) is 11.6 Å². The summed E-state index contributed by atoms with van der Waals surface area (Å²) in [5, 5.41) is 2.79. The topological polar surface area (TPSA) is 89.3 Å². The highest BCUT2D eigenvalue weighted by Gasteiger charge is 2.27. The van der Waals surface area contributed by atoms with Crippen molar-refractivity contribution in [1.29, 1.82) is 0 Å². The lowest BCUT2D eigenvalue weighted by Gasteiger charge is -2.29. The van der Waals surface area contributed by atoms with Gasteiger partial charge in [0.05, 0.1) is 25.4 Å². The second kappa shape index (κ2) is 7.70. The minimum Gasteiger partial charge on any atom is -0.489 e. The second-order valence-electron chi connectivity index (χ2n) is 7.17. The standard InChI is InChI=1S/C21H20N2O6S2/c1-2-31(25,26)23-7-10-28-18-4-3-14(11-16(18)23)15-13-30-21-17(24)12-19(29-20(15)21)22-5-8-27-9-6-22/h2-4,11-13H,1,5-10H2. The van der Waals surface area contributed by atoms with Gasteiger partial charge in [-0.2, -0.15) is 0 Å². The van der Waals surface area contributed by atoms with E-state index in [0.717, 1.165) is 16.5 Å². The molecule has 1 saturated heterocycles. The number of nitrogens with zero attached hydrogens (tertiary/aromatic N) is 2. The second-order valence-corrected chi connectivity index (χ2v) is 9.85. The molecule has 5 rings (SSSR count). The van der Waals surface area contributed by atoms with Crippen molar-refractivity contribution in [2.24, 2.45) is 0 Å². The first-order chi connectivity index (χ1) is 15.0.